The van der Waals surface area contributed by atoms with Crippen molar-refractivity contribution in [1.82, 2.24) is 5.43 Å². The average molecular weight is 482 g/mol. The topological polar surface area (TPSA) is 125 Å². The molecule has 0 radical (unpaired) electrons. The monoisotopic (exact) mass is 481 g/mol. The average Bonchev–Trinajstić information content (AvgIpc) is 2.83. The molecule has 0 unspecified atom stereocenters. The SMILES string of the molecule is COc1ccc(C)cc1N(CC(=O)N/N=C\c1ccccc1C(=O)O)S(=O)(=O)c1ccccc1. The Hall–Kier alpha value is -4.18. The molecule has 0 fully saturated rings. The van der Waals surface area contributed by atoms with Gasteiger partial charge in [0.05, 0.1) is 29.5 Å². The fourth-order valence-electron chi connectivity index (χ4n) is 3.16. The standard InChI is InChI=1S/C24H23N3O6S/c1-17-12-13-22(33-2)21(14-17)27(34(31,32)19-9-4-3-5-10-19)16-23(28)26-25-15-18-8-6-7-11-20(18)24(29)30/h3-15H,16H2,1-2H3,(H,26,28)(H,29,30)/b25-15-. The second kappa shape index (κ2) is 10.6. The van der Waals surface area contributed by atoms with Gasteiger partial charge in [0.25, 0.3) is 15.9 Å². The van der Waals surface area contributed by atoms with E-state index >= 15 is 0 Å². The minimum absolute atomic E-state index is 0.00486. The first-order chi connectivity index (χ1) is 16.2. The number of hydrogen-bond donors (Lipinski definition) is 2. The summed E-state index contributed by atoms with van der Waals surface area (Å²) in [4.78, 5) is 24.0. The van der Waals surface area contributed by atoms with Gasteiger partial charge in [0.15, 0.2) is 0 Å². The number of carboxylic acid groups (broad SMARTS) is 1. The van der Waals surface area contributed by atoms with E-state index < -0.39 is 28.4 Å². The molecule has 34 heavy (non-hydrogen) atoms. The van der Waals surface area contributed by atoms with Gasteiger partial charge in [0.2, 0.25) is 0 Å². The van der Waals surface area contributed by atoms with Gasteiger partial charge in [-0.2, -0.15) is 5.10 Å². The number of sulfonamides is 1. The number of benzene rings is 3. The molecule has 3 rings (SSSR count). The van der Waals surface area contributed by atoms with Crippen molar-refractivity contribution in [3.05, 3.63) is 89.5 Å². The van der Waals surface area contributed by atoms with Gasteiger partial charge in [0.1, 0.15) is 12.3 Å². The van der Waals surface area contributed by atoms with Crippen LogP contribution < -0.4 is 14.5 Å². The molecule has 9 nitrogen and oxygen atoms in total. The number of carboxylic acids is 1. The van der Waals surface area contributed by atoms with Crippen LogP contribution in [0, 0.1) is 6.92 Å². The molecule has 0 saturated carbocycles. The zero-order valence-electron chi connectivity index (χ0n) is 18.5. The minimum atomic E-state index is -4.13. The summed E-state index contributed by atoms with van der Waals surface area (Å²) in [6.45, 7) is 1.20. The summed E-state index contributed by atoms with van der Waals surface area (Å²) in [5.41, 5.74) is 3.53. The Morgan fingerprint density at radius 1 is 1.06 bits per heavy atom. The molecule has 0 spiro atoms. The Morgan fingerprint density at radius 2 is 1.74 bits per heavy atom. The molecule has 2 N–H and O–H groups in total. The molecule has 0 saturated heterocycles. The molecular weight excluding hydrogens is 458 g/mol. The molecule has 0 atom stereocenters. The number of ether oxygens (including phenoxy) is 1. The van der Waals surface area contributed by atoms with E-state index in [0.717, 1.165) is 9.87 Å². The molecule has 0 heterocycles. The highest BCUT2D eigenvalue weighted by Gasteiger charge is 2.29. The third-order valence-corrected chi connectivity index (χ3v) is 6.58. The van der Waals surface area contributed by atoms with E-state index in [1.54, 1.807) is 55.5 Å². The summed E-state index contributed by atoms with van der Waals surface area (Å²) in [6.07, 6.45) is 1.19. The minimum Gasteiger partial charge on any atom is -0.495 e. The van der Waals surface area contributed by atoms with Crippen LogP contribution in [0.5, 0.6) is 5.75 Å². The van der Waals surface area contributed by atoms with E-state index in [4.69, 9.17) is 4.74 Å². The van der Waals surface area contributed by atoms with Crippen molar-refractivity contribution in [2.24, 2.45) is 5.10 Å². The first kappa shape index (κ1) is 24.5. The number of anilines is 1. The highest BCUT2D eigenvalue weighted by atomic mass is 32.2. The molecular formula is C24H23N3O6S. The van der Waals surface area contributed by atoms with Crippen molar-refractivity contribution in [3.8, 4) is 5.75 Å². The van der Waals surface area contributed by atoms with Crippen molar-refractivity contribution in [2.45, 2.75) is 11.8 Å². The third kappa shape index (κ3) is 5.59. The number of amides is 1. The molecule has 0 aliphatic heterocycles. The molecule has 176 valence electrons. The fraction of sp³-hybridized carbons (Fsp3) is 0.125. The van der Waals surface area contributed by atoms with Crippen molar-refractivity contribution in [1.29, 1.82) is 0 Å². The Labute approximate surface area is 197 Å². The lowest BCUT2D eigenvalue weighted by molar-refractivity contribution is -0.119. The number of carbonyl (C=O) groups is 2. The Morgan fingerprint density at radius 3 is 2.41 bits per heavy atom. The smallest absolute Gasteiger partial charge is 0.336 e. The van der Waals surface area contributed by atoms with Crippen LogP contribution in [0.15, 0.2) is 82.8 Å². The zero-order chi connectivity index (χ0) is 24.7. The molecule has 0 aromatic heterocycles. The highest BCUT2D eigenvalue weighted by Crippen LogP contribution is 2.33. The largest absolute Gasteiger partial charge is 0.495 e. The predicted octanol–water partition coefficient (Wildman–Crippen LogP) is 3.05. The van der Waals surface area contributed by atoms with Crippen LogP contribution in [-0.2, 0) is 14.8 Å². The first-order valence-corrected chi connectivity index (χ1v) is 11.5. The van der Waals surface area contributed by atoms with Crippen LogP contribution >= 0.6 is 0 Å². The second-order valence-corrected chi connectivity index (χ2v) is 9.05. The molecule has 0 aliphatic rings. The van der Waals surface area contributed by atoms with E-state index in [2.05, 4.69) is 10.5 Å². The third-order valence-electron chi connectivity index (χ3n) is 4.81. The van der Waals surface area contributed by atoms with Crippen molar-refractivity contribution in [2.75, 3.05) is 18.0 Å². The number of methoxy groups -OCH3 is 1. The van der Waals surface area contributed by atoms with E-state index in [0.29, 0.717) is 0 Å². The molecule has 10 heteroatoms. The summed E-state index contributed by atoms with van der Waals surface area (Å²) in [7, 11) is -2.72. The zero-order valence-corrected chi connectivity index (χ0v) is 19.3. The van der Waals surface area contributed by atoms with E-state index in [1.165, 1.54) is 37.6 Å². The molecule has 0 aliphatic carbocycles. The number of aryl methyl sites for hydroxylation is 1. The Balaban J connectivity index is 1.92. The number of aromatic carboxylic acids is 1. The second-order valence-electron chi connectivity index (χ2n) is 7.19. The molecule has 0 bridgehead atoms. The van der Waals surface area contributed by atoms with Crippen LogP contribution in [0.4, 0.5) is 5.69 Å². The van der Waals surface area contributed by atoms with Crippen molar-refractivity contribution < 1.29 is 27.9 Å². The maximum absolute atomic E-state index is 13.4. The number of hydrazone groups is 1. The van der Waals surface area contributed by atoms with Gasteiger partial charge in [0, 0.05) is 5.56 Å². The van der Waals surface area contributed by atoms with Crippen molar-refractivity contribution >= 4 is 33.8 Å². The quantitative estimate of drug-likeness (QED) is 0.357. The fourth-order valence-corrected chi connectivity index (χ4v) is 4.60. The van der Waals surface area contributed by atoms with Crippen LogP contribution in [0.2, 0.25) is 0 Å². The van der Waals surface area contributed by atoms with Gasteiger partial charge in [-0.15, -0.1) is 0 Å². The normalized spacial score (nSPS) is 11.2. The predicted molar refractivity (Wildman–Crippen MR) is 128 cm³/mol. The van der Waals surface area contributed by atoms with Gasteiger partial charge in [-0.05, 0) is 42.8 Å². The van der Waals surface area contributed by atoms with Crippen LogP contribution in [-0.4, -0.2) is 45.3 Å². The summed E-state index contributed by atoms with van der Waals surface area (Å²) in [6, 6.07) is 18.9. The molecule has 3 aromatic rings. The van der Waals surface area contributed by atoms with Crippen molar-refractivity contribution in [3.63, 3.8) is 0 Å². The lowest BCUT2D eigenvalue weighted by atomic mass is 10.1. The van der Waals surface area contributed by atoms with E-state index in [1.807, 2.05) is 0 Å². The van der Waals surface area contributed by atoms with E-state index in [9.17, 15) is 23.1 Å². The number of nitrogens with one attached hydrogen (secondary N) is 1. The van der Waals surface area contributed by atoms with Gasteiger partial charge < -0.3 is 9.84 Å². The molecule has 3 aromatic carbocycles. The Bertz CT molecular complexity index is 1320. The maximum atomic E-state index is 13.4. The number of nitrogens with zero attached hydrogens (tertiary/aromatic N) is 2. The van der Waals surface area contributed by atoms with Gasteiger partial charge in [-0.1, -0.05) is 42.5 Å². The number of hydrogen-bond acceptors (Lipinski definition) is 6. The van der Waals surface area contributed by atoms with Gasteiger partial charge in [-0.25, -0.2) is 18.6 Å². The summed E-state index contributed by atoms with van der Waals surface area (Å²) >= 11 is 0. The summed E-state index contributed by atoms with van der Waals surface area (Å²) < 4.78 is 33.2. The first-order valence-electron chi connectivity index (χ1n) is 10.1. The van der Waals surface area contributed by atoms with Crippen LogP contribution in [0.1, 0.15) is 21.5 Å². The van der Waals surface area contributed by atoms with Crippen LogP contribution in [0.25, 0.3) is 0 Å². The summed E-state index contributed by atoms with van der Waals surface area (Å²) in [5.74, 6) is -1.59. The lowest BCUT2D eigenvalue weighted by Crippen LogP contribution is -2.39. The maximum Gasteiger partial charge on any atom is 0.336 e. The highest BCUT2D eigenvalue weighted by molar-refractivity contribution is 7.92. The lowest BCUT2D eigenvalue weighted by Gasteiger charge is -2.25. The van der Waals surface area contributed by atoms with Gasteiger partial charge in [-0.3, -0.25) is 9.10 Å². The van der Waals surface area contributed by atoms with Crippen LogP contribution in [0.3, 0.4) is 0 Å². The van der Waals surface area contributed by atoms with Gasteiger partial charge >= 0.3 is 5.97 Å². The number of carbonyl (C=O) groups excluding carboxylic acids is 1. The molecule has 1 amide bonds. The Kier molecular flexibility index (Phi) is 7.64. The summed E-state index contributed by atoms with van der Waals surface area (Å²) in [5, 5.41) is 13.1. The number of rotatable bonds is 9. The van der Waals surface area contributed by atoms with E-state index in [-0.39, 0.29) is 27.5 Å².